The van der Waals surface area contributed by atoms with Crippen LogP contribution in [0.15, 0.2) is 36.5 Å². The fourth-order valence-corrected chi connectivity index (χ4v) is 2.04. The summed E-state index contributed by atoms with van der Waals surface area (Å²) in [5.74, 6) is -1.36. The van der Waals surface area contributed by atoms with Crippen LogP contribution in [0.4, 0.5) is 11.5 Å². The molecule has 1 N–H and O–H groups in total. The smallest absolute Gasteiger partial charge is 0.340 e. The molecule has 0 saturated heterocycles. The van der Waals surface area contributed by atoms with E-state index in [1.54, 1.807) is 0 Å². The highest BCUT2D eigenvalue weighted by Gasteiger charge is 2.23. The number of rotatable bonds is 5. The van der Waals surface area contributed by atoms with Crippen molar-refractivity contribution in [2.45, 2.75) is 13.0 Å². The van der Waals surface area contributed by atoms with Gasteiger partial charge >= 0.3 is 5.97 Å². The number of nitro groups is 1. The number of nitro benzene ring substituents is 1. The van der Waals surface area contributed by atoms with Gasteiger partial charge in [0.15, 0.2) is 6.10 Å². The number of aromatic nitrogens is 1. The topological polar surface area (TPSA) is 111 Å². The number of carbonyl (C=O) groups is 2. The van der Waals surface area contributed by atoms with Crippen LogP contribution in [0.3, 0.4) is 0 Å². The summed E-state index contributed by atoms with van der Waals surface area (Å²) >= 11 is 11.5. The summed E-state index contributed by atoms with van der Waals surface area (Å²) in [5, 5.41) is 13.6. The minimum Gasteiger partial charge on any atom is -0.449 e. The monoisotopic (exact) mass is 383 g/mol. The van der Waals surface area contributed by atoms with E-state index in [9.17, 15) is 19.7 Å². The van der Waals surface area contributed by atoms with E-state index in [1.165, 1.54) is 31.3 Å². The van der Waals surface area contributed by atoms with Crippen molar-refractivity contribution in [3.63, 3.8) is 0 Å². The molecule has 0 aliphatic carbocycles. The number of halogens is 2. The Balaban J connectivity index is 2.06. The molecule has 10 heteroatoms. The Morgan fingerprint density at radius 2 is 2.00 bits per heavy atom. The Morgan fingerprint density at radius 3 is 2.60 bits per heavy atom. The molecule has 8 nitrogen and oxygen atoms in total. The zero-order valence-electron chi connectivity index (χ0n) is 12.7. The summed E-state index contributed by atoms with van der Waals surface area (Å²) in [5.41, 5.74) is -0.529. The predicted molar refractivity (Wildman–Crippen MR) is 90.9 cm³/mol. The Kier molecular flexibility index (Phi) is 5.89. The zero-order chi connectivity index (χ0) is 18.6. The maximum Gasteiger partial charge on any atom is 0.340 e. The molecule has 2 aromatic rings. The van der Waals surface area contributed by atoms with Gasteiger partial charge in [-0.05, 0) is 25.1 Å². The first kappa shape index (κ1) is 18.6. The number of ether oxygens (including phenoxy) is 1. The lowest BCUT2D eigenvalue weighted by Gasteiger charge is -2.13. The van der Waals surface area contributed by atoms with E-state index >= 15 is 0 Å². The molecule has 0 spiro atoms. The third kappa shape index (κ3) is 4.88. The summed E-state index contributed by atoms with van der Waals surface area (Å²) in [4.78, 5) is 38.1. The highest BCUT2D eigenvalue weighted by molar-refractivity contribution is 6.33. The number of nitrogens with one attached hydrogen (secondary N) is 1. The van der Waals surface area contributed by atoms with Crippen molar-refractivity contribution in [1.29, 1.82) is 0 Å². The number of hydrogen-bond acceptors (Lipinski definition) is 6. The lowest BCUT2D eigenvalue weighted by Crippen LogP contribution is -2.30. The van der Waals surface area contributed by atoms with Crippen molar-refractivity contribution in [3.8, 4) is 0 Å². The van der Waals surface area contributed by atoms with E-state index in [0.717, 1.165) is 12.1 Å². The SMILES string of the molecule is C[C@H](OC(=O)c1cc([N+](=O)[O-])ccc1Cl)C(=O)Nc1ccc(Cl)cn1. The van der Waals surface area contributed by atoms with Crippen LogP contribution in [0.25, 0.3) is 0 Å². The first-order chi connectivity index (χ1) is 11.8. The van der Waals surface area contributed by atoms with E-state index in [2.05, 4.69) is 10.3 Å². The number of esters is 1. The molecule has 2 rings (SSSR count). The number of carbonyl (C=O) groups excluding carboxylic acids is 2. The zero-order valence-corrected chi connectivity index (χ0v) is 14.2. The molecule has 0 fully saturated rings. The highest BCUT2D eigenvalue weighted by Crippen LogP contribution is 2.23. The second kappa shape index (κ2) is 7.91. The molecule has 0 saturated carbocycles. The number of pyridine rings is 1. The fourth-order valence-electron chi connectivity index (χ4n) is 1.74. The van der Waals surface area contributed by atoms with Crippen molar-refractivity contribution in [2.24, 2.45) is 0 Å². The van der Waals surface area contributed by atoms with Gasteiger partial charge in [0, 0.05) is 18.3 Å². The van der Waals surface area contributed by atoms with Crippen LogP contribution in [0.2, 0.25) is 10.0 Å². The number of non-ortho nitro benzene ring substituents is 1. The Labute approximate surface area is 151 Å². The molecular weight excluding hydrogens is 373 g/mol. The van der Waals surface area contributed by atoms with Crippen molar-refractivity contribution in [2.75, 3.05) is 5.32 Å². The molecule has 0 aliphatic rings. The third-order valence-corrected chi connectivity index (χ3v) is 3.57. The highest BCUT2D eigenvalue weighted by atomic mass is 35.5. The van der Waals surface area contributed by atoms with Gasteiger partial charge in [-0.3, -0.25) is 14.9 Å². The van der Waals surface area contributed by atoms with Crippen molar-refractivity contribution < 1.29 is 19.2 Å². The Hall–Kier alpha value is -2.71. The number of nitrogens with zero attached hydrogens (tertiary/aromatic N) is 2. The molecule has 1 aromatic carbocycles. The lowest BCUT2D eigenvalue weighted by atomic mass is 10.2. The number of anilines is 1. The summed E-state index contributed by atoms with van der Waals surface area (Å²) in [6, 6.07) is 6.35. The standard InChI is InChI=1S/C15H11Cl2N3O5/c1-8(14(21)19-13-5-2-9(16)7-18-13)25-15(22)11-6-10(20(23)24)3-4-12(11)17/h2-8H,1H3,(H,18,19,21)/t8-/m0/s1. The second-order valence-corrected chi connectivity index (χ2v) is 5.66. The van der Waals surface area contributed by atoms with Gasteiger partial charge in [-0.15, -0.1) is 0 Å². The molecular formula is C15H11Cl2N3O5. The van der Waals surface area contributed by atoms with Crippen LogP contribution in [-0.2, 0) is 9.53 Å². The average Bonchev–Trinajstić information content (AvgIpc) is 2.56. The van der Waals surface area contributed by atoms with E-state index < -0.39 is 22.9 Å². The molecule has 0 unspecified atom stereocenters. The van der Waals surface area contributed by atoms with Crippen LogP contribution in [0.5, 0.6) is 0 Å². The van der Waals surface area contributed by atoms with Gasteiger partial charge in [-0.1, -0.05) is 23.2 Å². The quantitative estimate of drug-likeness (QED) is 0.480. The van der Waals surface area contributed by atoms with Gasteiger partial charge in [0.1, 0.15) is 5.82 Å². The van der Waals surface area contributed by atoms with E-state index in [-0.39, 0.29) is 22.1 Å². The number of hydrogen-bond donors (Lipinski definition) is 1. The third-order valence-electron chi connectivity index (χ3n) is 3.01. The summed E-state index contributed by atoms with van der Waals surface area (Å²) in [6.45, 7) is 1.34. The van der Waals surface area contributed by atoms with Crippen LogP contribution in [0.1, 0.15) is 17.3 Å². The summed E-state index contributed by atoms with van der Waals surface area (Å²) in [7, 11) is 0. The minimum atomic E-state index is -1.18. The maximum absolute atomic E-state index is 12.1. The molecule has 0 radical (unpaired) electrons. The van der Waals surface area contributed by atoms with E-state index in [4.69, 9.17) is 27.9 Å². The van der Waals surface area contributed by atoms with Crippen molar-refractivity contribution in [1.82, 2.24) is 4.98 Å². The van der Waals surface area contributed by atoms with Crippen LogP contribution >= 0.6 is 23.2 Å². The summed E-state index contributed by atoms with van der Waals surface area (Å²) < 4.78 is 5.00. The van der Waals surface area contributed by atoms with Gasteiger partial charge in [0.05, 0.1) is 20.5 Å². The maximum atomic E-state index is 12.1. The van der Waals surface area contributed by atoms with Crippen LogP contribution in [-0.4, -0.2) is 27.9 Å². The number of amides is 1. The van der Waals surface area contributed by atoms with Gasteiger partial charge in [-0.2, -0.15) is 0 Å². The molecule has 0 bridgehead atoms. The van der Waals surface area contributed by atoms with Crippen LogP contribution in [0, 0.1) is 10.1 Å². The van der Waals surface area contributed by atoms with Gasteiger partial charge in [0.2, 0.25) is 0 Å². The molecule has 0 aliphatic heterocycles. The molecule has 25 heavy (non-hydrogen) atoms. The second-order valence-electron chi connectivity index (χ2n) is 4.82. The lowest BCUT2D eigenvalue weighted by molar-refractivity contribution is -0.384. The molecule has 1 aromatic heterocycles. The predicted octanol–water partition coefficient (Wildman–Crippen LogP) is 3.48. The van der Waals surface area contributed by atoms with Crippen molar-refractivity contribution >= 4 is 46.6 Å². The van der Waals surface area contributed by atoms with E-state index in [0.29, 0.717) is 5.02 Å². The van der Waals surface area contributed by atoms with Gasteiger partial charge in [-0.25, -0.2) is 9.78 Å². The first-order valence-electron chi connectivity index (χ1n) is 6.85. The fraction of sp³-hybridized carbons (Fsp3) is 0.133. The minimum absolute atomic E-state index is 0.0254. The van der Waals surface area contributed by atoms with E-state index in [1.807, 2.05) is 0 Å². The Morgan fingerprint density at radius 1 is 1.28 bits per heavy atom. The largest absolute Gasteiger partial charge is 0.449 e. The van der Waals surface area contributed by atoms with Gasteiger partial charge < -0.3 is 10.1 Å². The molecule has 130 valence electrons. The van der Waals surface area contributed by atoms with Gasteiger partial charge in [0.25, 0.3) is 11.6 Å². The summed E-state index contributed by atoms with van der Waals surface area (Å²) in [6.07, 6.45) is 0.164. The first-order valence-corrected chi connectivity index (χ1v) is 7.61. The molecule has 1 heterocycles. The van der Waals surface area contributed by atoms with Crippen LogP contribution < -0.4 is 5.32 Å². The Bertz CT molecular complexity index is 826. The normalized spacial score (nSPS) is 11.5. The average molecular weight is 384 g/mol. The molecule has 1 atom stereocenters. The molecule has 1 amide bonds. The number of benzene rings is 1. The van der Waals surface area contributed by atoms with Crippen molar-refractivity contribution in [3.05, 3.63) is 62.3 Å².